The normalized spacial score (nSPS) is 16.6. The van der Waals surface area contributed by atoms with Gasteiger partial charge in [-0.3, -0.25) is 9.59 Å². The Balaban J connectivity index is 1.74. The van der Waals surface area contributed by atoms with Crippen LogP contribution < -0.4 is 5.32 Å². The lowest BCUT2D eigenvalue weighted by molar-refractivity contribution is -0.121. The second kappa shape index (κ2) is 10.5. The van der Waals surface area contributed by atoms with Crippen molar-refractivity contribution in [3.8, 4) is 5.75 Å². The summed E-state index contributed by atoms with van der Waals surface area (Å²) in [5.74, 6) is -1.28. The molecule has 178 valence electrons. The van der Waals surface area contributed by atoms with Gasteiger partial charge in [-0.05, 0) is 55.3 Å². The van der Waals surface area contributed by atoms with E-state index in [-0.39, 0.29) is 34.7 Å². The molecule has 0 spiro atoms. The van der Waals surface area contributed by atoms with Crippen LogP contribution in [0.25, 0.3) is 0 Å². The summed E-state index contributed by atoms with van der Waals surface area (Å²) in [7, 11) is -3.75. The zero-order valence-corrected chi connectivity index (χ0v) is 20.2. The zero-order valence-electron chi connectivity index (χ0n) is 18.6. The third-order valence-electron chi connectivity index (χ3n) is 5.74. The van der Waals surface area contributed by atoms with Crippen molar-refractivity contribution < 1.29 is 23.1 Å². The molecule has 2 aromatic carbocycles. The first-order valence-corrected chi connectivity index (χ1v) is 12.7. The molecule has 0 radical (unpaired) electrons. The van der Waals surface area contributed by atoms with Gasteiger partial charge in [0.05, 0.1) is 16.5 Å². The number of benzene rings is 2. The topological polar surface area (TPSA) is 107 Å². The fourth-order valence-electron chi connectivity index (χ4n) is 3.87. The van der Waals surface area contributed by atoms with Crippen LogP contribution >= 0.6 is 11.6 Å². The molecule has 1 heterocycles. The van der Waals surface area contributed by atoms with E-state index in [1.165, 1.54) is 22.5 Å². The molecule has 0 aromatic heterocycles. The van der Waals surface area contributed by atoms with E-state index in [0.717, 1.165) is 0 Å². The Kier molecular flexibility index (Phi) is 7.99. The van der Waals surface area contributed by atoms with Crippen molar-refractivity contribution in [2.75, 3.05) is 31.5 Å². The maximum Gasteiger partial charge on any atom is 0.253 e. The Labute approximate surface area is 199 Å². The Morgan fingerprint density at radius 3 is 2.45 bits per heavy atom. The number of anilines is 1. The summed E-state index contributed by atoms with van der Waals surface area (Å²) in [6.07, 6.45) is 1.23. The Morgan fingerprint density at radius 1 is 1.15 bits per heavy atom. The number of nitrogens with zero attached hydrogens (tertiary/aromatic N) is 2. The Bertz CT molecular complexity index is 1120. The average Bonchev–Trinajstić information content (AvgIpc) is 2.81. The Morgan fingerprint density at radius 2 is 1.82 bits per heavy atom. The monoisotopic (exact) mass is 493 g/mol. The third-order valence-corrected chi connectivity index (χ3v) is 8.04. The zero-order chi connectivity index (χ0) is 24.2. The molecule has 1 aliphatic rings. The van der Waals surface area contributed by atoms with E-state index in [4.69, 9.17) is 11.6 Å². The summed E-state index contributed by atoms with van der Waals surface area (Å²) in [5.41, 5.74) is 0.516. The van der Waals surface area contributed by atoms with E-state index < -0.39 is 15.9 Å². The maximum absolute atomic E-state index is 12.9. The number of rotatable bonds is 7. The summed E-state index contributed by atoms with van der Waals surface area (Å²) in [6.45, 7) is 4.86. The molecule has 0 aliphatic carbocycles. The number of phenols is 1. The van der Waals surface area contributed by atoms with Gasteiger partial charge in [0.25, 0.3) is 5.91 Å². The first-order chi connectivity index (χ1) is 15.7. The van der Waals surface area contributed by atoms with Crippen LogP contribution in [-0.4, -0.2) is 60.7 Å². The van der Waals surface area contributed by atoms with Gasteiger partial charge in [0, 0.05) is 36.8 Å². The molecule has 0 saturated carbocycles. The maximum atomic E-state index is 12.9. The van der Waals surface area contributed by atoms with Gasteiger partial charge in [-0.1, -0.05) is 25.4 Å². The molecule has 2 aromatic rings. The minimum atomic E-state index is -3.75. The number of likely N-dealkylation sites (tertiary alicyclic amines) is 1. The van der Waals surface area contributed by atoms with Gasteiger partial charge < -0.3 is 15.3 Å². The number of amides is 2. The van der Waals surface area contributed by atoms with Crippen LogP contribution in [-0.2, 0) is 14.8 Å². The highest BCUT2D eigenvalue weighted by Crippen LogP contribution is 2.29. The molecule has 3 rings (SSSR count). The first-order valence-electron chi connectivity index (χ1n) is 10.9. The van der Waals surface area contributed by atoms with Crippen molar-refractivity contribution in [3.05, 3.63) is 53.1 Å². The number of hydrogen-bond acceptors (Lipinski definition) is 5. The van der Waals surface area contributed by atoms with Gasteiger partial charge in [0.2, 0.25) is 15.9 Å². The highest BCUT2D eigenvalue weighted by Gasteiger charge is 2.30. The van der Waals surface area contributed by atoms with Crippen LogP contribution in [0.3, 0.4) is 0 Å². The van der Waals surface area contributed by atoms with Crippen molar-refractivity contribution >= 4 is 39.1 Å². The molecule has 8 nitrogen and oxygen atoms in total. The van der Waals surface area contributed by atoms with Gasteiger partial charge >= 0.3 is 0 Å². The van der Waals surface area contributed by atoms with Crippen LogP contribution in [0.4, 0.5) is 5.69 Å². The second-order valence-electron chi connectivity index (χ2n) is 7.85. The quantitative estimate of drug-likeness (QED) is 0.573. The number of aromatic hydroxyl groups is 1. The lowest BCUT2D eigenvalue weighted by Gasteiger charge is -2.32. The van der Waals surface area contributed by atoms with E-state index in [1.54, 1.807) is 43.0 Å². The predicted octanol–water partition coefficient (Wildman–Crippen LogP) is 3.57. The van der Waals surface area contributed by atoms with E-state index in [1.807, 2.05) is 0 Å². The lowest BCUT2D eigenvalue weighted by atomic mass is 9.96. The van der Waals surface area contributed by atoms with E-state index in [0.29, 0.717) is 43.1 Å². The van der Waals surface area contributed by atoms with Crippen LogP contribution in [0.5, 0.6) is 5.75 Å². The van der Waals surface area contributed by atoms with Crippen molar-refractivity contribution in [3.63, 3.8) is 0 Å². The summed E-state index contributed by atoms with van der Waals surface area (Å²) < 4.78 is 26.9. The van der Waals surface area contributed by atoms with Crippen molar-refractivity contribution in [1.82, 2.24) is 9.21 Å². The predicted molar refractivity (Wildman–Crippen MR) is 127 cm³/mol. The fourth-order valence-corrected chi connectivity index (χ4v) is 5.48. The summed E-state index contributed by atoms with van der Waals surface area (Å²) in [4.78, 5) is 27.4. The Hall–Kier alpha value is -2.62. The number of carbonyl (C=O) groups is 2. The van der Waals surface area contributed by atoms with Crippen LogP contribution in [0.1, 0.15) is 37.0 Å². The van der Waals surface area contributed by atoms with Gasteiger partial charge in [0.1, 0.15) is 5.75 Å². The number of carbonyl (C=O) groups excluding carboxylic acids is 2. The number of hydrogen-bond donors (Lipinski definition) is 2. The largest absolute Gasteiger partial charge is 0.506 e. The third kappa shape index (κ3) is 5.66. The van der Waals surface area contributed by atoms with Gasteiger partial charge in [0.15, 0.2) is 0 Å². The van der Waals surface area contributed by atoms with E-state index in [9.17, 15) is 23.1 Å². The smallest absolute Gasteiger partial charge is 0.253 e. The lowest BCUT2D eigenvalue weighted by Crippen LogP contribution is -2.43. The standard InChI is InChI=1S/C23H28ClN3O5S/c1-3-27(4-2)33(31,32)19-11-12-21(28)20(14-19)25-22(29)17-6-5-13-26(15-17)23(30)16-7-9-18(24)10-8-16/h7-12,14,17,28H,3-6,13,15H2,1-2H3,(H,25,29). The van der Waals surface area contributed by atoms with Gasteiger partial charge in [-0.2, -0.15) is 4.31 Å². The van der Waals surface area contributed by atoms with E-state index in [2.05, 4.69) is 5.32 Å². The minimum Gasteiger partial charge on any atom is -0.506 e. The molecule has 1 atom stereocenters. The molecule has 33 heavy (non-hydrogen) atoms. The van der Waals surface area contributed by atoms with E-state index >= 15 is 0 Å². The van der Waals surface area contributed by atoms with Crippen LogP contribution in [0.15, 0.2) is 47.4 Å². The first kappa shape index (κ1) is 25.0. The van der Waals surface area contributed by atoms with Crippen molar-refractivity contribution in [1.29, 1.82) is 0 Å². The number of nitrogens with one attached hydrogen (secondary N) is 1. The highest BCUT2D eigenvalue weighted by atomic mass is 35.5. The molecule has 10 heteroatoms. The highest BCUT2D eigenvalue weighted by molar-refractivity contribution is 7.89. The molecule has 2 N–H and O–H groups in total. The molecule has 1 saturated heterocycles. The van der Waals surface area contributed by atoms with Crippen LogP contribution in [0, 0.1) is 5.92 Å². The van der Waals surface area contributed by atoms with Crippen molar-refractivity contribution in [2.45, 2.75) is 31.6 Å². The SMILES string of the molecule is CCN(CC)S(=O)(=O)c1ccc(O)c(NC(=O)C2CCCN(C(=O)c3ccc(Cl)cc3)C2)c1. The molecule has 1 aliphatic heterocycles. The molecule has 1 unspecified atom stereocenters. The number of phenolic OH excluding ortho intramolecular Hbond substituents is 1. The number of piperidine rings is 1. The van der Waals surface area contributed by atoms with Gasteiger partial charge in [-0.15, -0.1) is 0 Å². The second-order valence-corrected chi connectivity index (χ2v) is 10.2. The summed E-state index contributed by atoms with van der Waals surface area (Å²) >= 11 is 5.89. The molecular formula is C23H28ClN3O5S. The molecular weight excluding hydrogens is 466 g/mol. The molecule has 1 fully saturated rings. The summed E-state index contributed by atoms with van der Waals surface area (Å²) in [5, 5.41) is 13.4. The summed E-state index contributed by atoms with van der Waals surface area (Å²) in [6, 6.07) is 10.4. The number of sulfonamides is 1. The van der Waals surface area contributed by atoms with Crippen LogP contribution in [0.2, 0.25) is 5.02 Å². The molecule has 0 bridgehead atoms. The molecule has 2 amide bonds. The van der Waals surface area contributed by atoms with Gasteiger partial charge in [-0.25, -0.2) is 8.42 Å². The average molecular weight is 494 g/mol. The number of halogens is 1. The minimum absolute atomic E-state index is 0.0116. The van der Waals surface area contributed by atoms with Crippen molar-refractivity contribution in [2.24, 2.45) is 5.92 Å². The fraction of sp³-hybridized carbons (Fsp3) is 0.391.